The first-order valence-electron chi connectivity index (χ1n) is 8.01. The van der Waals surface area contributed by atoms with Gasteiger partial charge in [0.15, 0.2) is 11.8 Å². The topological polar surface area (TPSA) is 75.6 Å². The molecule has 1 fully saturated rings. The zero-order valence-corrected chi connectivity index (χ0v) is 13.9. The molecule has 0 spiro atoms. The second-order valence-electron chi connectivity index (χ2n) is 6.81. The fourth-order valence-corrected chi connectivity index (χ4v) is 2.69. The standard InChI is InChI=1S/C16H23N5O2/c1-16(2,3)23-15(22)21-8-4-7-20(9-10-21)13-6-5-12-14(19-13)18-11-17-12/h5-6,11H,4,7-10H2,1-3H3,(H,17,18,19)/p+1. The second-order valence-corrected chi connectivity index (χ2v) is 6.81. The van der Waals surface area contributed by atoms with E-state index in [-0.39, 0.29) is 6.09 Å². The highest BCUT2D eigenvalue weighted by atomic mass is 16.6. The number of rotatable bonds is 1. The number of imidazole rings is 1. The highest BCUT2D eigenvalue weighted by molar-refractivity contribution is 5.70. The van der Waals surface area contributed by atoms with E-state index in [9.17, 15) is 4.79 Å². The SMILES string of the molecule is CC(C)(C)OC(=O)N1CCCN(c2ccc3[nH]c[nH+]c3n2)CC1. The number of carbonyl (C=O) groups excluding carboxylic acids is 1. The van der Waals surface area contributed by atoms with Gasteiger partial charge in [0.1, 0.15) is 5.60 Å². The van der Waals surface area contributed by atoms with Crippen molar-refractivity contribution < 1.29 is 14.5 Å². The average Bonchev–Trinajstić information content (AvgIpc) is 2.79. The Labute approximate surface area is 135 Å². The molecule has 1 aliphatic heterocycles. The summed E-state index contributed by atoms with van der Waals surface area (Å²) < 4.78 is 5.46. The number of aromatic nitrogens is 3. The summed E-state index contributed by atoms with van der Waals surface area (Å²) in [6.45, 7) is 8.66. The van der Waals surface area contributed by atoms with Gasteiger partial charge >= 0.3 is 11.7 Å². The second kappa shape index (κ2) is 6.06. The van der Waals surface area contributed by atoms with Gasteiger partial charge in [0, 0.05) is 32.2 Å². The van der Waals surface area contributed by atoms with Gasteiger partial charge in [-0.05, 0) is 33.3 Å². The first-order chi connectivity index (χ1) is 10.9. The zero-order chi connectivity index (χ0) is 16.4. The quantitative estimate of drug-likeness (QED) is 0.870. The molecule has 7 nitrogen and oxygen atoms in total. The molecule has 1 amide bonds. The molecule has 1 saturated heterocycles. The van der Waals surface area contributed by atoms with Crippen LogP contribution in [0.1, 0.15) is 27.2 Å². The Kier molecular flexibility index (Phi) is 4.11. The van der Waals surface area contributed by atoms with Crippen molar-refractivity contribution in [3.05, 3.63) is 18.5 Å². The summed E-state index contributed by atoms with van der Waals surface area (Å²) in [5.41, 5.74) is 1.37. The number of aromatic amines is 2. The molecule has 0 unspecified atom stereocenters. The summed E-state index contributed by atoms with van der Waals surface area (Å²) in [5, 5.41) is 0. The molecule has 2 aromatic rings. The van der Waals surface area contributed by atoms with Crippen LogP contribution in [-0.4, -0.2) is 52.7 Å². The Bertz CT molecular complexity index is 691. The molecule has 7 heteroatoms. The van der Waals surface area contributed by atoms with E-state index in [0.29, 0.717) is 13.1 Å². The molecule has 0 bridgehead atoms. The lowest BCUT2D eigenvalue weighted by atomic mass is 10.2. The van der Waals surface area contributed by atoms with Crippen molar-refractivity contribution in [2.45, 2.75) is 32.8 Å². The highest BCUT2D eigenvalue weighted by Gasteiger charge is 2.25. The summed E-state index contributed by atoms with van der Waals surface area (Å²) >= 11 is 0. The largest absolute Gasteiger partial charge is 0.444 e. The van der Waals surface area contributed by atoms with Gasteiger partial charge in [-0.3, -0.25) is 4.98 Å². The van der Waals surface area contributed by atoms with E-state index in [0.717, 1.165) is 36.5 Å². The number of ether oxygens (including phenoxy) is 1. The van der Waals surface area contributed by atoms with E-state index < -0.39 is 5.60 Å². The van der Waals surface area contributed by atoms with E-state index >= 15 is 0 Å². The molecule has 0 saturated carbocycles. The van der Waals surface area contributed by atoms with E-state index in [1.54, 1.807) is 11.2 Å². The Morgan fingerprint density at radius 1 is 1.26 bits per heavy atom. The molecular weight excluding hydrogens is 294 g/mol. The fourth-order valence-electron chi connectivity index (χ4n) is 2.69. The molecule has 23 heavy (non-hydrogen) atoms. The number of amides is 1. The highest BCUT2D eigenvalue weighted by Crippen LogP contribution is 2.17. The minimum atomic E-state index is -0.459. The maximum atomic E-state index is 12.2. The van der Waals surface area contributed by atoms with Gasteiger partial charge in [0.05, 0.1) is 0 Å². The molecule has 2 aromatic heterocycles. The molecular formula is C16H24N5O2+. The van der Waals surface area contributed by atoms with Crippen LogP contribution in [0.3, 0.4) is 0 Å². The molecule has 3 rings (SSSR count). The molecule has 1 aliphatic rings. The van der Waals surface area contributed by atoms with Crippen molar-refractivity contribution in [1.82, 2.24) is 14.9 Å². The number of pyridine rings is 1. The summed E-state index contributed by atoms with van der Waals surface area (Å²) in [4.78, 5) is 27.0. The van der Waals surface area contributed by atoms with Crippen LogP contribution < -0.4 is 9.88 Å². The molecule has 0 radical (unpaired) electrons. The first kappa shape index (κ1) is 15.6. The summed E-state index contributed by atoms with van der Waals surface area (Å²) in [5.74, 6) is 0.930. The van der Waals surface area contributed by atoms with Crippen LogP contribution in [0.5, 0.6) is 0 Å². The minimum Gasteiger partial charge on any atom is -0.444 e. The Morgan fingerprint density at radius 2 is 2.09 bits per heavy atom. The number of H-pyrrole nitrogens is 2. The van der Waals surface area contributed by atoms with Crippen LogP contribution in [0.15, 0.2) is 18.5 Å². The maximum Gasteiger partial charge on any atom is 0.410 e. The minimum absolute atomic E-state index is 0.235. The van der Waals surface area contributed by atoms with Crippen LogP contribution in [0, 0.1) is 0 Å². The summed E-state index contributed by atoms with van der Waals surface area (Å²) in [6, 6.07) is 4.03. The van der Waals surface area contributed by atoms with Gasteiger partial charge in [0.2, 0.25) is 5.82 Å². The van der Waals surface area contributed by atoms with Crippen LogP contribution in [0.2, 0.25) is 0 Å². The van der Waals surface area contributed by atoms with Gasteiger partial charge in [-0.25, -0.2) is 9.78 Å². The molecule has 0 aromatic carbocycles. The Balaban J connectivity index is 1.67. The van der Waals surface area contributed by atoms with E-state index in [4.69, 9.17) is 4.74 Å². The predicted octanol–water partition coefficient (Wildman–Crippen LogP) is 1.82. The van der Waals surface area contributed by atoms with E-state index in [1.165, 1.54) is 0 Å². The van der Waals surface area contributed by atoms with Gasteiger partial charge in [-0.2, -0.15) is 0 Å². The van der Waals surface area contributed by atoms with Crippen molar-refractivity contribution in [3.63, 3.8) is 0 Å². The first-order valence-corrected chi connectivity index (χ1v) is 8.01. The van der Waals surface area contributed by atoms with Crippen LogP contribution in [-0.2, 0) is 4.74 Å². The smallest absolute Gasteiger partial charge is 0.410 e. The average molecular weight is 318 g/mol. The lowest BCUT2D eigenvalue weighted by Crippen LogP contribution is -2.39. The molecule has 2 N–H and O–H groups in total. The van der Waals surface area contributed by atoms with Crippen LogP contribution >= 0.6 is 0 Å². The predicted molar refractivity (Wildman–Crippen MR) is 87.3 cm³/mol. The van der Waals surface area contributed by atoms with Crippen molar-refractivity contribution in [2.75, 3.05) is 31.1 Å². The third kappa shape index (κ3) is 3.72. The van der Waals surface area contributed by atoms with Crippen molar-refractivity contribution >= 4 is 23.1 Å². The van der Waals surface area contributed by atoms with Crippen molar-refractivity contribution in [1.29, 1.82) is 0 Å². The molecule has 124 valence electrons. The number of fused-ring (bicyclic) bond motifs is 1. The van der Waals surface area contributed by atoms with Gasteiger partial charge in [-0.1, -0.05) is 4.98 Å². The zero-order valence-electron chi connectivity index (χ0n) is 13.9. The number of nitrogens with one attached hydrogen (secondary N) is 2. The lowest BCUT2D eigenvalue weighted by Gasteiger charge is -2.26. The van der Waals surface area contributed by atoms with Crippen LogP contribution in [0.4, 0.5) is 10.6 Å². The third-order valence-corrected chi connectivity index (χ3v) is 3.79. The van der Waals surface area contributed by atoms with Crippen molar-refractivity contribution in [3.8, 4) is 0 Å². The lowest BCUT2D eigenvalue weighted by molar-refractivity contribution is -0.347. The van der Waals surface area contributed by atoms with Gasteiger partial charge < -0.3 is 14.5 Å². The van der Waals surface area contributed by atoms with Crippen molar-refractivity contribution in [2.24, 2.45) is 0 Å². The fraction of sp³-hybridized carbons (Fsp3) is 0.562. The monoisotopic (exact) mass is 318 g/mol. The molecule has 0 atom stereocenters. The van der Waals surface area contributed by atoms with Gasteiger partial charge in [-0.15, -0.1) is 0 Å². The number of carbonyl (C=O) groups is 1. The molecule has 0 aliphatic carbocycles. The number of hydrogen-bond donors (Lipinski definition) is 1. The maximum absolute atomic E-state index is 12.2. The van der Waals surface area contributed by atoms with Gasteiger partial charge in [0.25, 0.3) is 0 Å². The molecule has 3 heterocycles. The van der Waals surface area contributed by atoms with E-state index in [2.05, 4.69) is 19.9 Å². The van der Waals surface area contributed by atoms with Crippen LogP contribution in [0.25, 0.3) is 11.2 Å². The Hall–Kier alpha value is -2.31. The summed E-state index contributed by atoms with van der Waals surface area (Å²) in [6.07, 6.45) is 2.44. The number of nitrogens with zero attached hydrogens (tertiary/aromatic N) is 3. The normalized spacial score (nSPS) is 16.5. The number of anilines is 1. The third-order valence-electron chi connectivity index (χ3n) is 3.79. The summed E-state index contributed by atoms with van der Waals surface area (Å²) in [7, 11) is 0. The Morgan fingerprint density at radius 3 is 2.87 bits per heavy atom. The van der Waals surface area contributed by atoms with E-state index in [1.807, 2.05) is 32.9 Å². The number of hydrogen-bond acceptors (Lipinski definition) is 4.